The van der Waals surface area contributed by atoms with E-state index >= 15 is 0 Å². The van der Waals surface area contributed by atoms with Gasteiger partial charge in [-0.3, -0.25) is 4.99 Å². The van der Waals surface area contributed by atoms with Crippen molar-refractivity contribution in [3.05, 3.63) is 0 Å². The van der Waals surface area contributed by atoms with Gasteiger partial charge in [0, 0.05) is 63.4 Å². The number of hydrogen-bond donors (Lipinski definition) is 2. The summed E-state index contributed by atoms with van der Waals surface area (Å²) in [5, 5.41) is 6.59. The first-order valence-electron chi connectivity index (χ1n) is 9.19. The molecule has 0 aromatic carbocycles. The van der Waals surface area contributed by atoms with Crippen LogP contribution in [0.15, 0.2) is 4.99 Å². The molecule has 2 heterocycles. The monoisotopic (exact) mass is 391 g/mol. The minimum atomic E-state index is -3.17. The molecular formula is C16H33N5O2S2. The lowest BCUT2D eigenvalue weighted by Gasteiger charge is -2.35. The minimum Gasteiger partial charge on any atom is -0.355 e. The quantitative estimate of drug-likeness (QED) is 0.504. The molecule has 0 spiro atoms. The SMILES string of the molecule is CN=C(NCCS(=O)(=O)N1CCSCC1)NC1CCN(C(C)C)CC1. The highest BCUT2D eigenvalue weighted by Gasteiger charge is 2.24. The van der Waals surface area contributed by atoms with Gasteiger partial charge in [0.1, 0.15) is 0 Å². The number of likely N-dealkylation sites (tertiary alicyclic amines) is 1. The van der Waals surface area contributed by atoms with Gasteiger partial charge in [0.25, 0.3) is 0 Å². The van der Waals surface area contributed by atoms with Crippen LogP contribution in [0.1, 0.15) is 26.7 Å². The van der Waals surface area contributed by atoms with Crippen LogP contribution in [0, 0.1) is 0 Å². The zero-order valence-corrected chi connectivity index (χ0v) is 17.3. The number of thioether (sulfide) groups is 1. The summed E-state index contributed by atoms with van der Waals surface area (Å²) in [6.07, 6.45) is 2.17. The maximum atomic E-state index is 12.4. The second-order valence-corrected chi connectivity index (χ2v) is 10.2. The van der Waals surface area contributed by atoms with E-state index in [2.05, 4.69) is 34.4 Å². The first-order valence-corrected chi connectivity index (χ1v) is 12.0. The van der Waals surface area contributed by atoms with E-state index in [0.29, 0.717) is 37.7 Å². The molecule has 0 aromatic rings. The lowest BCUT2D eigenvalue weighted by atomic mass is 10.0. The van der Waals surface area contributed by atoms with Gasteiger partial charge in [-0.2, -0.15) is 11.8 Å². The van der Waals surface area contributed by atoms with Crippen molar-refractivity contribution in [2.24, 2.45) is 4.99 Å². The number of rotatable bonds is 6. The Kier molecular flexibility index (Phi) is 8.31. The van der Waals surface area contributed by atoms with Crippen LogP contribution in [0.25, 0.3) is 0 Å². The molecule has 2 rings (SSSR count). The Morgan fingerprint density at radius 3 is 2.40 bits per heavy atom. The maximum Gasteiger partial charge on any atom is 0.215 e. The molecule has 9 heteroatoms. The lowest BCUT2D eigenvalue weighted by Crippen LogP contribution is -2.50. The van der Waals surface area contributed by atoms with Crippen molar-refractivity contribution in [1.29, 1.82) is 0 Å². The second-order valence-electron chi connectivity index (χ2n) is 6.87. The van der Waals surface area contributed by atoms with E-state index in [0.717, 1.165) is 37.4 Å². The molecule has 2 saturated heterocycles. The van der Waals surface area contributed by atoms with Crippen molar-refractivity contribution >= 4 is 27.7 Å². The standard InChI is InChI=1S/C16H33N5O2S2/c1-14(2)20-7-4-15(5-8-20)19-16(17-3)18-6-13-25(22,23)21-9-11-24-12-10-21/h14-15H,4-13H2,1-3H3,(H2,17,18,19). The third kappa shape index (κ3) is 6.62. The number of nitrogens with one attached hydrogen (secondary N) is 2. The number of hydrogen-bond acceptors (Lipinski definition) is 5. The highest BCUT2D eigenvalue weighted by molar-refractivity contribution is 7.99. The maximum absolute atomic E-state index is 12.4. The summed E-state index contributed by atoms with van der Waals surface area (Å²) < 4.78 is 26.3. The summed E-state index contributed by atoms with van der Waals surface area (Å²) in [7, 11) is -1.44. The Labute approximate surface area is 157 Å². The van der Waals surface area contributed by atoms with Crippen LogP contribution in [0.3, 0.4) is 0 Å². The van der Waals surface area contributed by atoms with Crippen LogP contribution >= 0.6 is 11.8 Å². The molecule has 146 valence electrons. The fourth-order valence-electron chi connectivity index (χ4n) is 3.20. The zero-order chi connectivity index (χ0) is 18.3. The minimum absolute atomic E-state index is 0.115. The van der Waals surface area contributed by atoms with Crippen LogP contribution in [0.4, 0.5) is 0 Å². The van der Waals surface area contributed by atoms with Gasteiger partial charge in [-0.25, -0.2) is 12.7 Å². The predicted octanol–water partition coefficient (Wildman–Crippen LogP) is 0.403. The molecule has 0 atom stereocenters. The third-order valence-corrected chi connectivity index (χ3v) is 7.65. The van der Waals surface area contributed by atoms with E-state index in [1.807, 2.05) is 11.8 Å². The summed E-state index contributed by atoms with van der Waals surface area (Å²) >= 11 is 1.81. The van der Waals surface area contributed by atoms with E-state index in [1.54, 1.807) is 11.4 Å². The molecule has 0 aromatic heterocycles. The molecule has 0 bridgehead atoms. The first-order chi connectivity index (χ1) is 11.9. The third-order valence-electron chi connectivity index (χ3n) is 4.84. The van der Waals surface area contributed by atoms with Gasteiger partial charge < -0.3 is 15.5 Å². The van der Waals surface area contributed by atoms with E-state index in [-0.39, 0.29) is 5.75 Å². The Morgan fingerprint density at radius 2 is 1.84 bits per heavy atom. The van der Waals surface area contributed by atoms with Gasteiger partial charge >= 0.3 is 0 Å². The number of guanidine groups is 1. The average Bonchev–Trinajstić information content (AvgIpc) is 2.62. The summed E-state index contributed by atoms with van der Waals surface area (Å²) in [4.78, 5) is 6.72. The number of piperidine rings is 1. The fraction of sp³-hybridized carbons (Fsp3) is 0.938. The summed E-state index contributed by atoms with van der Waals surface area (Å²) in [6.45, 7) is 8.30. The molecule has 0 aliphatic carbocycles. The van der Waals surface area contributed by atoms with Crippen LogP contribution in [0.2, 0.25) is 0 Å². The van der Waals surface area contributed by atoms with Crippen LogP contribution in [-0.4, -0.2) is 92.7 Å². The highest BCUT2D eigenvalue weighted by atomic mass is 32.2. The molecule has 7 nitrogen and oxygen atoms in total. The lowest BCUT2D eigenvalue weighted by molar-refractivity contribution is 0.167. The summed E-state index contributed by atoms with van der Waals surface area (Å²) in [6, 6.07) is 0.994. The molecule has 0 unspecified atom stereocenters. The Balaban J connectivity index is 1.72. The van der Waals surface area contributed by atoms with Crippen LogP contribution < -0.4 is 10.6 Å². The van der Waals surface area contributed by atoms with E-state index < -0.39 is 10.0 Å². The Hall–Kier alpha value is -0.510. The van der Waals surface area contributed by atoms with Crippen molar-refractivity contribution in [2.75, 3.05) is 57.0 Å². The van der Waals surface area contributed by atoms with Gasteiger partial charge in [-0.15, -0.1) is 0 Å². The largest absolute Gasteiger partial charge is 0.355 e. The fourth-order valence-corrected chi connectivity index (χ4v) is 5.69. The highest BCUT2D eigenvalue weighted by Crippen LogP contribution is 2.14. The number of sulfonamides is 1. The molecule has 2 N–H and O–H groups in total. The molecule has 0 saturated carbocycles. The topological polar surface area (TPSA) is 77.0 Å². The van der Waals surface area contributed by atoms with Gasteiger partial charge in [0.2, 0.25) is 10.0 Å². The second kappa shape index (κ2) is 9.99. The van der Waals surface area contributed by atoms with Gasteiger partial charge in [-0.05, 0) is 26.7 Å². The number of nitrogens with zero attached hydrogens (tertiary/aromatic N) is 3. The Bertz CT molecular complexity index is 525. The first kappa shape index (κ1) is 20.8. The molecule has 0 radical (unpaired) electrons. The van der Waals surface area contributed by atoms with Crippen molar-refractivity contribution in [3.8, 4) is 0 Å². The van der Waals surface area contributed by atoms with Gasteiger partial charge in [0.15, 0.2) is 5.96 Å². The van der Waals surface area contributed by atoms with Crippen molar-refractivity contribution in [1.82, 2.24) is 19.8 Å². The smallest absolute Gasteiger partial charge is 0.215 e. The molecule has 2 fully saturated rings. The summed E-state index contributed by atoms with van der Waals surface area (Å²) in [5.41, 5.74) is 0. The molecule has 25 heavy (non-hydrogen) atoms. The zero-order valence-electron chi connectivity index (χ0n) is 15.7. The van der Waals surface area contributed by atoms with Crippen LogP contribution in [-0.2, 0) is 10.0 Å². The number of aliphatic imine (C=N–C) groups is 1. The van der Waals surface area contributed by atoms with Gasteiger partial charge in [-0.1, -0.05) is 0 Å². The Morgan fingerprint density at radius 1 is 1.20 bits per heavy atom. The molecule has 2 aliphatic rings. The molecule has 0 amide bonds. The van der Waals surface area contributed by atoms with Gasteiger partial charge in [0.05, 0.1) is 5.75 Å². The van der Waals surface area contributed by atoms with E-state index in [9.17, 15) is 8.42 Å². The van der Waals surface area contributed by atoms with Crippen molar-refractivity contribution in [3.63, 3.8) is 0 Å². The van der Waals surface area contributed by atoms with E-state index in [4.69, 9.17) is 0 Å². The average molecular weight is 392 g/mol. The van der Waals surface area contributed by atoms with E-state index in [1.165, 1.54) is 0 Å². The van der Waals surface area contributed by atoms with Crippen molar-refractivity contribution in [2.45, 2.75) is 38.8 Å². The van der Waals surface area contributed by atoms with Crippen molar-refractivity contribution < 1.29 is 8.42 Å². The normalized spacial score (nSPS) is 22.3. The van der Waals surface area contributed by atoms with Crippen LogP contribution in [0.5, 0.6) is 0 Å². The summed E-state index contributed by atoms with van der Waals surface area (Å²) in [5.74, 6) is 2.60. The predicted molar refractivity (Wildman–Crippen MR) is 107 cm³/mol. The molecular weight excluding hydrogens is 358 g/mol. The molecule has 2 aliphatic heterocycles.